The summed E-state index contributed by atoms with van der Waals surface area (Å²) >= 11 is 0. The summed E-state index contributed by atoms with van der Waals surface area (Å²) in [5.74, 6) is 0. The maximum absolute atomic E-state index is 2.52. The Bertz CT molecular complexity index is 3120. The Morgan fingerprint density at radius 1 is 0.333 bits per heavy atom. The van der Waals surface area contributed by atoms with Gasteiger partial charge in [0.15, 0.2) is 0 Å². The van der Waals surface area contributed by atoms with Gasteiger partial charge in [0.05, 0.1) is 16.6 Å². The van der Waals surface area contributed by atoms with Crippen molar-refractivity contribution in [2.24, 2.45) is 0 Å². The molecule has 11 rings (SSSR count). The number of aryl methyl sites for hydroxylation is 4. The van der Waals surface area contributed by atoms with Gasteiger partial charge in [0.1, 0.15) is 0 Å². The first-order valence-electron chi connectivity index (χ1n) is 19.8. The number of rotatable bonds is 6. The van der Waals surface area contributed by atoms with Crippen LogP contribution in [0.4, 0.5) is 34.1 Å². The molecule has 0 aliphatic heterocycles. The van der Waals surface area contributed by atoms with Gasteiger partial charge in [0.2, 0.25) is 0 Å². The number of nitrogens with zero attached hydrogens (tertiary/aromatic N) is 3. The third-order valence-corrected chi connectivity index (χ3v) is 12.0. The third kappa shape index (κ3) is 5.27. The fourth-order valence-electron chi connectivity index (χ4n) is 9.14. The maximum Gasteiger partial charge on any atom is 0.0620 e. The molecule has 0 unspecified atom stereocenters. The van der Waals surface area contributed by atoms with Gasteiger partial charge in [-0.1, -0.05) is 91.0 Å². The highest BCUT2D eigenvalue weighted by Crippen LogP contribution is 2.45. The van der Waals surface area contributed by atoms with Crippen LogP contribution < -0.4 is 9.80 Å². The summed E-state index contributed by atoms with van der Waals surface area (Å²) in [4.78, 5) is 4.79. The predicted octanol–water partition coefficient (Wildman–Crippen LogP) is 15.3. The summed E-state index contributed by atoms with van der Waals surface area (Å²) in [5, 5.41) is 10.1. The van der Waals surface area contributed by atoms with E-state index in [1.165, 1.54) is 93.3 Å². The smallest absolute Gasteiger partial charge is 0.0620 e. The first kappa shape index (κ1) is 33.3. The maximum atomic E-state index is 2.52. The molecule has 0 amide bonds. The zero-order chi connectivity index (χ0) is 38.4. The van der Waals surface area contributed by atoms with E-state index < -0.39 is 0 Å². The van der Waals surface area contributed by atoms with E-state index in [1.54, 1.807) is 0 Å². The Balaban J connectivity index is 1.13. The SMILES string of the molecule is Cc1ccc(C)c(N(c2ccccc2)c2ccc3cc4c5cccc6c7cc8ccc(N(c9ccccc9)c9cc(C)ccc9C)cc8cc7n(c4cc3c2)c56)c1. The van der Waals surface area contributed by atoms with Crippen molar-refractivity contribution in [1.29, 1.82) is 0 Å². The van der Waals surface area contributed by atoms with Gasteiger partial charge in [-0.2, -0.15) is 0 Å². The molecule has 0 spiro atoms. The quantitative estimate of drug-likeness (QED) is 0.169. The van der Waals surface area contributed by atoms with Crippen LogP contribution in [0.25, 0.3) is 59.6 Å². The Labute approximate surface area is 332 Å². The Morgan fingerprint density at radius 3 is 1.25 bits per heavy atom. The summed E-state index contributed by atoms with van der Waals surface area (Å²) in [5.41, 5.74) is 15.7. The standard InChI is InChI=1S/C54H41N3/c1-34-18-20-36(3)50(26-34)55(42-12-7-5-8-13-42)44-24-22-38-30-48-46-16-11-17-47-49-31-39-23-25-45(29-41(39)33-53(49)57(54(46)47)52(48)32-40(38)28-44)56(43-14-9-6-10-15-43)51-27-35(2)19-21-37(51)4/h5-33H,1-4H3. The molecule has 2 heterocycles. The highest BCUT2D eigenvalue weighted by molar-refractivity contribution is 6.26. The van der Waals surface area contributed by atoms with Gasteiger partial charge in [-0.15, -0.1) is 0 Å². The number of anilines is 6. The molecule has 3 heteroatoms. The van der Waals surface area contributed by atoms with E-state index >= 15 is 0 Å². The highest BCUT2D eigenvalue weighted by atomic mass is 15.1. The molecule has 0 radical (unpaired) electrons. The summed E-state index contributed by atoms with van der Waals surface area (Å²) in [6.07, 6.45) is 0. The average Bonchev–Trinajstić information content (AvgIpc) is 3.73. The molecule has 0 N–H and O–H groups in total. The van der Waals surface area contributed by atoms with Crippen molar-refractivity contribution in [3.05, 3.63) is 198 Å². The van der Waals surface area contributed by atoms with Crippen molar-refractivity contribution >= 4 is 93.8 Å². The van der Waals surface area contributed by atoms with E-state index in [0.717, 1.165) is 22.7 Å². The minimum atomic E-state index is 1.14. The van der Waals surface area contributed by atoms with E-state index in [0.29, 0.717) is 0 Å². The van der Waals surface area contributed by atoms with Crippen LogP contribution >= 0.6 is 0 Å². The number of aromatic nitrogens is 1. The van der Waals surface area contributed by atoms with E-state index in [-0.39, 0.29) is 0 Å². The second-order valence-corrected chi connectivity index (χ2v) is 15.8. The van der Waals surface area contributed by atoms with Gasteiger partial charge in [0.25, 0.3) is 0 Å². The first-order chi connectivity index (χ1) is 27.9. The van der Waals surface area contributed by atoms with Crippen molar-refractivity contribution < 1.29 is 0 Å². The molecular weight excluding hydrogens is 691 g/mol. The van der Waals surface area contributed by atoms with Crippen LogP contribution in [-0.2, 0) is 0 Å². The van der Waals surface area contributed by atoms with Crippen molar-refractivity contribution in [1.82, 2.24) is 4.40 Å². The van der Waals surface area contributed by atoms with Crippen LogP contribution in [0.5, 0.6) is 0 Å². The molecule has 2 aromatic heterocycles. The largest absolute Gasteiger partial charge is 0.310 e. The fourth-order valence-corrected chi connectivity index (χ4v) is 9.14. The summed E-state index contributed by atoms with van der Waals surface area (Å²) in [6.45, 7) is 8.75. The molecule has 272 valence electrons. The zero-order valence-corrected chi connectivity index (χ0v) is 32.6. The van der Waals surface area contributed by atoms with Gasteiger partial charge in [-0.25, -0.2) is 0 Å². The molecule has 3 nitrogen and oxygen atoms in total. The van der Waals surface area contributed by atoms with Gasteiger partial charge < -0.3 is 14.2 Å². The molecule has 9 aromatic carbocycles. The highest BCUT2D eigenvalue weighted by Gasteiger charge is 2.21. The molecule has 0 saturated carbocycles. The minimum absolute atomic E-state index is 1.14. The molecular formula is C54H41N3. The monoisotopic (exact) mass is 731 g/mol. The van der Waals surface area contributed by atoms with E-state index in [1.807, 2.05) is 0 Å². The van der Waals surface area contributed by atoms with Crippen LogP contribution in [-0.4, -0.2) is 4.40 Å². The lowest BCUT2D eigenvalue weighted by atomic mass is 10.0. The summed E-state index contributed by atoms with van der Waals surface area (Å²) in [6, 6.07) is 65.2. The summed E-state index contributed by atoms with van der Waals surface area (Å²) < 4.78 is 2.52. The van der Waals surface area contributed by atoms with E-state index in [9.17, 15) is 0 Å². The molecule has 0 saturated heterocycles. The molecule has 11 aromatic rings. The van der Waals surface area contributed by atoms with E-state index in [4.69, 9.17) is 0 Å². The van der Waals surface area contributed by atoms with Gasteiger partial charge in [0, 0.05) is 55.7 Å². The lowest BCUT2D eigenvalue weighted by Gasteiger charge is -2.27. The minimum Gasteiger partial charge on any atom is -0.310 e. The zero-order valence-electron chi connectivity index (χ0n) is 32.6. The van der Waals surface area contributed by atoms with Crippen LogP contribution in [0.3, 0.4) is 0 Å². The van der Waals surface area contributed by atoms with Crippen molar-refractivity contribution in [3.8, 4) is 0 Å². The Morgan fingerprint density at radius 2 is 0.789 bits per heavy atom. The number of benzene rings is 9. The Kier molecular flexibility index (Phi) is 7.42. The first-order valence-corrected chi connectivity index (χ1v) is 19.8. The second-order valence-electron chi connectivity index (χ2n) is 15.8. The number of hydrogen-bond acceptors (Lipinski definition) is 2. The third-order valence-electron chi connectivity index (χ3n) is 12.0. The van der Waals surface area contributed by atoms with Crippen LogP contribution in [0.1, 0.15) is 22.3 Å². The molecule has 57 heavy (non-hydrogen) atoms. The van der Waals surface area contributed by atoms with Crippen molar-refractivity contribution in [2.75, 3.05) is 9.80 Å². The topological polar surface area (TPSA) is 10.9 Å². The normalized spacial score (nSPS) is 11.9. The number of para-hydroxylation sites is 3. The molecule has 0 aliphatic rings. The van der Waals surface area contributed by atoms with Crippen molar-refractivity contribution in [3.63, 3.8) is 0 Å². The number of fused-ring (bicyclic) bond motifs is 8. The van der Waals surface area contributed by atoms with Gasteiger partial charge in [-0.3, -0.25) is 0 Å². The number of hydrogen-bond donors (Lipinski definition) is 0. The summed E-state index contributed by atoms with van der Waals surface area (Å²) in [7, 11) is 0. The van der Waals surface area contributed by atoms with Gasteiger partial charge >= 0.3 is 0 Å². The average molecular weight is 732 g/mol. The molecule has 0 aliphatic carbocycles. The van der Waals surface area contributed by atoms with E-state index in [2.05, 4.69) is 218 Å². The molecule has 0 bridgehead atoms. The van der Waals surface area contributed by atoms with Crippen LogP contribution in [0, 0.1) is 27.7 Å². The fraction of sp³-hybridized carbons (Fsp3) is 0.0741. The Hall–Kier alpha value is -7.10. The van der Waals surface area contributed by atoms with Gasteiger partial charge in [-0.05, 0) is 156 Å². The molecule has 0 fully saturated rings. The van der Waals surface area contributed by atoms with Crippen molar-refractivity contribution in [2.45, 2.75) is 27.7 Å². The predicted molar refractivity (Wildman–Crippen MR) is 244 cm³/mol. The van der Waals surface area contributed by atoms with Crippen LogP contribution in [0.2, 0.25) is 0 Å². The molecule has 0 atom stereocenters. The second kappa shape index (κ2) is 12.7. The lowest BCUT2D eigenvalue weighted by Crippen LogP contribution is -2.11. The van der Waals surface area contributed by atoms with Crippen LogP contribution in [0.15, 0.2) is 176 Å². The lowest BCUT2D eigenvalue weighted by molar-refractivity contribution is 1.24.